The van der Waals surface area contributed by atoms with Gasteiger partial charge < -0.3 is 5.32 Å². The summed E-state index contributed by atoms with van der Waals surface area (Å²) in [6.45, 7) is 7.50. The predicted molar refractivity (Wildman–Crippen MR) is 91.6 cm³/mol. The molecule has 0 unspecified atom stereocenters. The molecule has 2 aromatic carbocycles. The van der Waals surface area contributed by atoms with Gasteiger partial charge in [-0.3, -0.25) is 0 Å². The van der Waals surface area contributed by atoms with E-state index in [1.807, 2.05) is 0 Å². The molecular formula is C20H25N. The minimum Gasteiger partial charge on any atom is -0.311 e. The molecule has 0 aliphatic carbocycles. The lowest BCUT2D eigenvalue weighted by Crippen LogP contribution is -2.24. The Morgan fingerprint density at radius 3 is 1.81 bits per heavy atom. The largest absolute Gasteiger partial charge is 0.311 e. The molecule has 0 amide bonds. The van der Waals surface area contributed by atoms with Crippen LogP contribution in [0.1, 0.15) is 37.8 Å². The van der Waals surface area contributed by atoms with Gasteiger partial charge in [-0.2, -0.15) is 0 Å². The van der Waals surface area contributed by atoms with Crippen LogP contribution in [0.15, 0.2) is 72.3 Å². The average molecular weight is 279 g/mol. The number of allylic oxidation sites excluding steroid dienone is 1. The van der Waals surface area contributed by atoms with E-state index in [0.717, 1.165) is 6.54 Å². The minimum atomic E-state index is 0.321. The van der Waals surface area contributed by atoms with Gasteiger partial charge in [0.05, 0.1) is 0 Å². The first-order valence-corrected chi connectivity index (χ1v) is 7.67. The molecule has 1 nitrogen and oxygen atoms in total. The summed E-state index contributed by atoms with van der Waals surface area (Å²) < 4.78 is 0. The van der Waals surface area contributed by atoms with E-state index in [1.165, 1.54) is 16.7 Å². The molecule has 0 aliphatic rings. The molecule has 0 radical (unpaired) electrons. The Morgan fingerprint density at radius 1 is 0.905 bits per heavy atom. The predicted octanol–water partition coefficient (Wildman–Crippen LogP) is 4.76. The SMILES string of the molecule is C/C(=C\C(c1ccccc1)c1ccccc1)CNC(C)C. The summed E-state index contributed by atoms with van der Waals surface area (Å²) >= 11 is 0. The van der Waals surface area contributed by atoms with Crippen LogP contribution in [0.25, 0.3) is 0 Å². The van der Waals surface area contributed by atoms with Crippen LogP contribution in [0.3, 0.4) is 0 Å². The second kappa shape index (κ2) is 7.80. The highest BCUT2D eigenvalue weighted by atomic mass is 14.9. The Labute approximate surface area is 128 Å². The van der Waals surface area contributed by atoms with Gasteiger partial charge in [0.1, 0.15) is 0 Å². The van der Waals surface area contributed by atoms with Crippen LogP contribution in [0.2, 0.25) is 0 Å². The smallest absolute Gasteiger partial charge is 0.0272 e. The van der Waals surface area contributed by atoms with Crippen LogP contribution in [-0.2, 0) is 0 Å². The molecule has 0 saturated carbocycles. The van der Waals surface area contributed by atoms with Crippen molar-refractivity contribution in [2.75, 3.05) is 6.54 Å². The molecule has 2 rings (SSSR count). The van der Waals surface area contributed by atoms with Gasteiger partial charge in [0.25, 0.3) is 0 Å². The molecule has 1 heteroatoms. The third kappa shape index (κ3) is 4.87. The van der Waals surface area contributed by atoms with Crippen molar-refractivity contribution in [2.45, 2.75) is 32.7 Å². The normalized spacial score (nSPS) is 12.1. The van der Waals surface area contributed by atoms with Crippen LogP contribution in [0.4, 0.5) is 0 Å². The minimum absolute atomic E-state index is 0.321. The molecule has 21 heavy (non-hydrogen) atoms. The molecule has 0 saturated heterocycles. The summed E-state index contributed by atoms with van der Waals surface area (Å²) in [5.74, 6) is 0.321. The fraction of sp³-hybridized carbons (Fsp3) is 0.300. The highest BCUT2D eigenvalue weighted by Gasteiger charge is 2.11. The topological polar surface area (TPSA) is 12.0 Å². The molecule has 1 N–H and O–H groups in total. The van der Waals surface area contributed by atoms with E-state index in [1.54, 1.807) is 0 Å². The first kappa shape index (κ1) is 15.5. The molecule has 0 atom stereocenters. The molecular weight excluding hydrogens is 254 g/mol. The van der Waals surface area contributed by atoms with Crippen molar-refractivity contribution < 1.29 is 0 Å². The monoisotopic (exact) mass is 279 g/mol. The molecule has 0 spiro atoms. The quantitative estimate of drug-likeness (QED) is 0.752. The second-order valence-electron chi connectivity index (χ2n) is 5.85. The Balaban J connectivity index is 2.27. The Bertz CT molecular complexity index is 515. The van der Waals surface area contributed by atoms with Gasteiger partial charge in [-0.25, -0.2) is 0 Å². The van der Waals surface area contributed by atoms with Gasteiger partial charge in [-0.1, -0.05) is 86.2 Å². The third-order valence-electron chi connectivity index (χ3n) is 3.56. The molecule has 2 aromatic rings. The summed E-state index contributed by atoms with van der Waals surface area (Å²) in [6.07, 6.45) is 2.38. The summed E-state index contributed by atoms with van der Waals surface area (Å²) in [4.78, 5) is 0. The second-order valence-corrected chi connectivity index (χ2v) is 5.85. The lowest BCUT2D eigenvalue weighted by Gasteiger charge is -2.16. The number of benzene rings is 2. The Kier molecular flexibility index (Phi) is 5.77. The number of nitrogens with one attached hydrogen (secondary N) is 1. The van der Waals surface area contributed by atoms with Gasteiger partial charge in [0, 0.05) is 18.5 Å². The van der Waals surface area contributed by atoms with Crippen LogP contribution in [0, 0.1) is 0 Å². The molecule has 110 valence electrons. The van der Waals surface area contributed by atoms with E-state index in [2.05, 4.69) is 92.8 Å². The Morgan fingerprint density at radius 2 is 1.38 bits per heavy atom. The summed E-state index contributed by atoms with van der Waals surface area (Å²) in [7, 11) is 0. The summed E-state index contributed by atoms with van der Waals surface area (Å²) in [5.41, 5.74) is 4.06. The van der Waals surface area contributed by atoms with Gasteiger partial charge in [-0.05, 0) is 18.1 Å². The average Bonchev–Trinajstić information content (AvgIpc) is 2.52. The van der Waals surface area contributed by atoms with E-state index >= 15 is 0 Å². The lowest BCUT2D eigenvalue weighted by atomic mass is 9.89. The van der Waals surface area contributed by atoms with Crippen molar-refractivity contribution >= 4 is 0 Å². The molecule has 0 heterocycles. The van der Waals surface area contributed by atoms with Gasteiger partial charge in [0.2, 0.25) is 0 Å². The standard InChI is InChI=1S/C20H25N/c1-16(2)21-15-17(3)14-20(18-10-6-4-7-11-18)19-12-8-5-9-13-19/h4-14,16,20-21H,15H2,1-3H3/b17-14+. The maximum Gasteiger partial charge on any atom is 0.0272 e. The van der Waals surface area contributed by atoms with Crippen molar-refractivity contribution in [3.63, 3.8) is 0 Å². The van der Waals surface area contributed by atoms with Crippen LogP contribution < -0.4 is 5.32 Å². The van der Waals surface area contributed by atoms with E-state index in [4.69, 9.17) is 0 Å². The third-order valence-corrected chi connectivity index (χ3v) is 3.56. The summed E-state index contributed by atoms with van der Waals surface area (Å²) in [6, 6.07) is 21.9. The van der Waals surface area contributed by atoms with Gasteiger partial charge >= 0.3 is 0 Å². The van der Waals surface area contributed by atoms with E-state index in [0.29, 0.717) is 12.0 Å². The van der Waals surface area contributed by atoms with Gasteiger partial charge in [-0.15, -0.1) is 0 Å². The number of rotatable bonds is 6. The first-order valence-electron chi connectivity index (χ1n) is 7.67. The zero-order valence-electron chi connectivity index (χ0n) is 13.2. The van der Waals surface area contributed by atoms with Crippen LogP contribution in [0.5, 0.6) is 0 Å². The maximum absolute atomic E-state index is 3.49. The summed E-state index contributed by atoms with van der Waals surface area (Å²) in [5, 5.41) is 3.49. The fourth-order valence-corrected chi connectivity index (χ4v) is 2.41. The van der Waals surface area contributed by atoms with Crippen molar-refractivity contribution in [1.29, 1.82) is 0 Å². The number of hydrogen-bond donors (Lipinski definition) is 1. The van der Waals surface area contributed by atoms with Crippen molar-refractivity contribution in [2.24, 2.45) is 0 Å². The van der Waals surface area contributed by atoms with Crippen molar-refractivity contribution in [1.82, 2.24) is 5.32 Å². The zero-order valence-corrected chi connectivity index (χ0v) is 13.2. The lowest BCUT2D eigenvalue weighted by molar-refractivity contribution is 0.620. The molecule has 0 fully saturated rings. The van der Waals surface area contributed by atoms with Crippen LogP contribution >= 0.6 is 0 Å². The van der Waals surface area contributed by atoms with Crippen molar-refractivity contribution in [3.8, 4) is 0 Å². The first-order chi connectivity index (χ1) is 10.2. The highest BCUT2D eigenvalue weighted by Crippen LogP contribution is 2.26. The van der Waals surface area contributed by atoms with E-state index in [-0.39, 0.29) is 0 Å². The van der Waals surface area contributed by atoms with Gasteiger partial charge in [0.15, 0.2) is 0 Å². The highest BCUT2D eigenvalue weighted by molar-refractivity contribution is 5.37. The molecule has 0 bridgehead atoms. The van der Waals surface area contributed by atoms with E-state index < -0.39 is 0 Å². The Hall–Kier alpha value is -1.86. The molecule has 0 aliphatic heterocycles. The molecule has 0 aromatic heterocycles. The van der Waals surface area contributed by atoms with Crippen molar-refractivity contribution in [3.05, 3.63) is 83.4 Å². The fourth-order valence-electron chi connectivity index (χ4n) is 2.41. The zero-order chi connectivity index (χ0) is 15.1. The number of hydrogen-bond acceptors (Lipinski definition) is 1. The van der Waals surface area contributed by atoms with Crippen LogP contribution in [-0.4, -0.2) is 12.6 Å². The van der Waals surface area contributed by atoms with E-state index in [9.17, 15) is 0 Å². The maximum atomic E-state index is 3.49.